The van der Waals surface area contributed by atoms with Gasteiger partial charge in [-0.2, -0.15) is 0 Å². The van der Waals surface area contributed by atoms with Crippen molar-refractivity contribution in [1.82, 2.24) is 4.57 Å². The molecule has 17 heavy (non-hydrogen) atoms. The second-order valence-corrected chi connectivity index (χ2v) is 6.60. The molecular formula is C11H13BrINO3. The van der Waals surface area contributed by atoms with E-state index in [-0.39, 0.29) is 12.1 Å². The van der Waals surface area contributed by atoms with Crippen molar-refractivity contribution in [2.45, 2.75) is 32.9 Å². The van der Waals surface area contributed by atoms with Gasteiger partial charge in [-0.05, 0) is 65.4 Å². The van der Waals surface area contributed by atoms with Crippen molar-refractivity contribution < 1.29 is 9.53 Å². The number of esters is 1. The summed E-state index contributed by atoms with van der Waals surface area (Å²) in [5, 5.41) is 0. The van der Waals surface area contributed by atoms with E-state index in [1.807, 2.05) is 22.6 Å². The molecule has 0 aliphatic carbocycles. The standard InChI is InChI=1S/C11H13BrINO3/c1-11(2,3)17-9(15)6-14-5-7(12)4-8(13)10(14)16/h4-5H,6H2,1-3H3. The Balaban J connectivity index is 2.89. The van der Waals surface area contributed by atoms with Crippen LogP contribution < -0.4 is 5.56 Å². The third kappa shape index (κ3) is 4.79. The molecule has 0 aliphatic rings. The number of halogens is 2. The molecule has 1 rings (SSSR count). The summed E-state index contributed by atoms with van der Waals surface area (Å²) < 4.78 is 7.80. The SMILES string of the molecule is CC(C)(C)OC(=O)Cn1cc(Br)cc(I)c1=O. The Hall–Kier alpha value is -0.370. The van der Waals surface area contributed by atoms with E-state index in [2.05, 4.69) is 15.9 Å². The number of pyridine rings is 1. The number of carbonyl (C=O) groups is 1. The topological polar surface area (TPSA) is 48.3 Å². The quantitative estimate of drug-likeness (QED) is 0.553. The van der Waals surface area contributed by atoms with Gasteiger partial charge < -0.3 is 9.30 Å². The first-order valence-corrected chi connectivity index (χ1v) is 6.83. The minimum Gasteiger partial charge on any atom is -0.459 e. The van der Waals surface area contributed by atoms with E-state index >= 15 is 0 Å². The number of hydrogen-bond donors (Lipinski definition) is 0. The van der Waals surface area contributed by atoms with E-state index in [0.29, 0.717) is 3.57 Å². The van der Waals surface area contributed by atoms with Gasteiger partial charge in [-0.25, -0.2) is 0 Å². The van der Waals surface area contributed by atoms with Gasteiger partial charge in [0, 0.05) is 10.7 Å². The minimum atomic E-state index is -0.542. The number of nitrogens with zero attached hydrogens (tertiary/aromatic N) is 1. The third-order valence-corrected chi connectivity index (χ3v) is 2.93. The fourth-order valence-electron chi connectivity index (χ4n) is 1.20. The van der Waals surface area contributed by atoms with Crippen LogP contribution in [0.15, 0.2) is 21.5 Å². The molecule has 0 fully saturated rings. The first-order chi connectivity index (χ1) is 7.69. The van der Waals surface area contributed by atoms with E-state index in [4.69, 9.17) is 4.74 Å². The fraction of sp³-hybridized carbons (Fsp3) is 0.455. The molecular weight excluding hydrogens is 401 g/mol. The van der Waals surface area contributed by atoms with Crippen LogP contribution in [0.2, 0.25) is 0 Å². The van der Waals surface area contributed by atoms with Crippen molar-refractivity contribution in [2.75, 3.05) is 0 Å². The van der Waals surface area contributed by atoms with E-state index in [1.54, 1.807) is 33.0 Å². The van der Waals surface area contributed by atoms with E-state index < -0.39 is 11.6 Å². The molecule has 0 aromatic carbocycles. The van der Waals surface area contributed by atoms with Crippen LogP contribution >= 0.6 is 38.5 Å². The van der Waals surface area contributed by atoms with Gasteiger partial charge in [0.05, 0.1) is 3.57 Å². The zero-order valence-corrected chi connectivity index (χ0v) is 13.5. The predicted molar refractivity (Wildman–Crippen MR) is 77.0 cm³/mol. The van der Waals surface area contributed by atoms with Crippen molar-refractivity contribution in [3.05, 3.63) is 30.7 Å². The molecule has 0 amide bonds. The van der Waals surface area contributed by atoms with Crippen molar-refractivity contribution in [1.29, 1.82) is 0 Å². The Bertz CT molecular complexity index is 490. The lowest BCUT2D eigenvalue weighted by Gasteiger charge is -2.19. The van der Waals surface area contributed by atoms with Crippen LogP contribution in [0, 0.1) is 3.57 Å². The molecule has 1 heterocycles. The van der Waals surface area contributed by atoms with Crippen LogP contribution in [0.4, 0.5) is 0 Å². The molecule has 0 saturated heterocycles. The molecule has 1 aromatic rings. The van der Waals surface area contributed by atoms with Crippen LogP contribution in [0.25, 0.3) is 0 Å². The summed E-state index contributed by atoms with van der Waals surface area (Å²) in [6.07, 6.45) is 1.58. The van der Waals surface area contributed by atoms with Gasteiger partial charge in [-0.15, -0.1) is 0 Å². The highest BCUT2D eigenvalue weighted by Gasteiger charge is 2.17. The molecule has 0 unspecified atom stereocenters. The number of carbonyl (C=O) groups excluding carboxylic acids is 1. The molecule has 94 valence electrons. The first-order valence-electron chi connectivity index (χ1n) is 4.96. The van der Waals surface area contributed by atoms with E-state index in [9.17, 15) is 9.59 Å². The lowest BCUT2D eigenvalue weighted by Crippen LogP contribution is -2.31. The number of ether oxygens (including phenoxy) is 1. The normalized spacial score (nSPS) is 11.4. The van der Waals surface area contributed by atoms with Gasteiger partial charge in [0.1, 0.15) is 12.1 Å². The van der Waals surface area contributed by atoms with Gasteiger partial charge in [0.2, 0.25) is 0 Å². The molecule has 0 radical (unpaired) electrons. The second-order valence-electron chi connectivity index (χ2n) is 4.53. The molecule has 0 bridgehead atoms. The summed E-state index contributed by atoms with van der Waals surface area (Å²) in [5.41, 5.74) is -0.737. The van der Waals surface area contributed by atoms with Crippen LogP contribution in [0.3, 0.4) is 0 Å². The Kier molecular flexibility index (Phi) is 4.77. The second kappa shape index (κ2) is 5.51. The van der Waals surface area contributed by atoms with Gasteiger partial charge >= 0.3 is 5.97 Å². The Labute approximate surface area is 122 Å². The van der Waals surface area contributed by atoms with Gasteiger partial charge in [0.25, 0.3) is 5.56 Å². The summed E-state index contributed by atoms with van der Waals surface area (Å²) in [7, 11) is 0. The van der Waals surface area contributed by atoms with Crippen molar-refractivity contribution in [3.63, 3.8) is 0 Å². The number of aromatic nitrogens is 1. The maximum atomic E-state index is 11.7. The van der Waals surface area contributed by atoms with Crippen LogP contribution in [0.1, 0.15) is 20.8 Å². The van der Waals surface area contributed by atoms with Crippen LogP contribution in [0.5, 0.6) is 0 Å². The summed E-state index contributed by atoms with van der Waals surface area (Å²) in [4.78, 5) is 23.4. The van der Waals surface area contributed by atoms with Crippen molar-refractivity contribution >= 4 is 44.5 Å². The highest BCUT2D eigenvalue weighted by Crippen LogP contribution is 2.11. The molecule has 0 N–H and O–H groups in total. The zero-order chi connectivity index (χ0) is 13.2. The van der Waals surface area contributed by atoms with Crippen molar-refractivity contribution in [2.24, 2.45) is 0 Å². The average Bonchev–Trinajstić information content (AvgIpc) is 2.10. The van der Waals surface area contributed by atoms with E-state index in [0.717, 1.165) is 4.47 Å². The maximum absolute atomic E-state index is 11.7. The molecule has 0 aliphatic heterocycles. The fourth-order valence-corrected chi connectivity index (χ4v) is 2.74. The lowest BCUT2D eigenvalue weighted by atomic mass is 10.2. The average molecular weight is 414 g/mol. The molecule has 6 heteroatoms. The lowest BCUT2D eigenvalue weighted by molar-refractivity contribution is -0.155. The van der Waals surface area contributed by atoms with Gasteiger partial charge in [-0.3, -0.25) is 9.59 Å². The minimum absolute atomic E-state index is 0.0778. The molecule has 0 spiro atoms. The highest BCUT2D eigenvalue weighted by atomic mass is 127. The van der Waals surface area contributed by atoms with Crippen molar-refractivity contribution in [3.8, 4) is 0 Å². The predicted octanol–water partition coefficient (Wildman–Crippen LogP) is 2.56. The Morgan fingerprint density at radius 2 is 2.12 bits per heavy atom. The summed E-state index contributed by atoms with van der Waals surface area (Å²) in [5.74, 6) is -0.423. The maximum Gasteiger partial charge on any atom is 0.326 e. The zero-order valence-electron chi connectivity index (χ0n) is 9.79. The molecule has 0 saturated carbocycles. The van der Waals surface area contributed by atoms with Gasteiger partial charge in [-0.1, -0.05) is 0 Å². The van der Waals surface area contributed by atoms with Crippen LogP contribution in [-0.2, 0) is 16.1 Å². The third-order valence-electron chi connectivity index (χ3n) is 1.73. The van der Waals surface area contributed by atoms with Crippen LogP contribution in [-0.4, -0.2) is 16.1 Å². The summed E-state index contributed by atoms with van der Waals surface area (Å²) in [6.45, 7) is 5.29. The Morgan fingerprint density at radius 3 is 2.65 bits per heavy atom. The highest BCUT2D eigenvalue weighted by molar-refractivity contribution is 14.1. The summed E-state index contributed by atoms with van der Waals surface area (Å²) in [6, 6.07) is 1.70. The smallest absolute Gasteiger partial charge is 0.326 e. The summed E-state index contributed by atoms with van der Waals surface area (Å²) >= 11 is 5.22. The number of rotatable bonds is 2. The monoisotopic (exact) mass is 413 g/mol. The molecule has 0 atom stereocenters. The molecule has 4 nitrogen and oxygen atoms in total. The first kappa shape index (κ1) is 14.7. The number of hydrogen-bond acceptors (Lipinski definition) is 3. The Morgan fingerprint density at radius 1 is 1.53 bits per heavy atom. The van der Waals surface area contributed by atoms with Gasteiger partial charge in [0.15, 0.2) is 0 Å². The van der Waals surface area contributed by atoms with E-state index in [1.165, 1.54) is 4.57 Å². The largest absolute Gasteiger partial charge is 0.459 e. The molecule has 1 aromatic heterocycles.